The molecule has 0 spiro atoms. The van der Waals surface area contributed by atoms with E-state index in [1.807, 2.05) is 0 Å². The van der Waals surface area contributed by atoms with Gasteiger partial charge in [-0.1, -0.05) is 32.0 Å². The van der Waals surface area contributed by atoms with Crippen LogP contribution in [0, 0.1) is 5.92 Å². The molecule has 40 valence electrons. The quantitative estimate of drug-likeness (QED) is 0.398. The Morgan fingerprint density at radius 2 is 2.14 bits per heavy atom. The Labute approximate surface area is 46.7 Å². The molecule has 0 unspecified atom stereocenters. The Kier molecular flexibility index (Phi) is 1.41. The molecule has 0 bridgehead atoms. The summed E-state index contributed by atoms with van der Waals surface area (Å²) < 4.78 is 0. The van der Waals surface area contributed by atoms with Gasteiger partial charge in [-0.05, 0) is 5.92 Å². The smallest absolute Gasteiger partial charge is 0.0672 e. The van der Waals surface area contributed by atoms with Crippen LogP contribution in [-0.4, -0.2) is 7.85 Å². The number of hydrogen-bond acceptors (Lipinski definition) is 0. The van der Waals surface area contributed by atoms with Crippen LogP contribution in [0.1, 0.15) is 26.2 Å². The highest BCUT2D eigenvalue weighted by molar-refractivity contribution is 6.11. The summed E-state index contributed by atoms with van der Waals surface area (Å²) in [7, 11) is 2.36. The van der Waals surface area contributed by atoms with Crippen LogP contribution >= 0.6 is 0 Å². The van der Waals surface area contributed by atoms with Gasteiger partial charge in [0.1, 0.15) is 7.85 Å². The van der Waals surface area contributed by atoms with Crippen molar-refractivity contribution in [2.24, 2.45) is 5.92 Å². The fourth-order valence-electron chi connectivity index (χ4n) is 1.33. The van der Waals surface area contributed by atoms with Gasteiger partial charge >= 0.3 is 0 Å². The van der Waals surface area contributed by atoms with Crippen LogP contribution in [0.5, 0.6) is 0 Å². The van der Waals surface area contributed by atoms with Crippen LogP contribution in [0.15, 0.2) is 0 Å². The average Bonchev–Trinajstić information content (AvgIpc) is 1.91. The SMILES string of the molecule is B[C@@H]1CCC[C@H]1C. The molecule has 0 aromatic heterocycles. The van der Waals surface area contributed by atoms with Crippen LogP contribution in [-0.2, 0) is 0 Å². The molecule has 0 aliphatic heterocycles. The second-order valence-corrected chi connectivity index (χ2v) is 2.89. The molecule has 0 aromatic carbocycles. The molecule has 0 radical (unpaired) electrons. The van der Waals surface area contributed by atoms with E-state index >= 15 is 0 Å². The molecule has 1 heteroatoms. The van der Waals surface area contributed by atoms with Crippen LogP contribution in [0.2, 0.25) is 5.82 Å². The summed E-state index contributed by atoms with van der Waals surface area (Å²) in [6.45, 7) is 2.36. The molecule has 1 saturated carbocycles. The lowest BCUT2D eigenvalue weighted by atomic mass is 9.80. The molecule has 1 aliphatic rings. The minimum Gasteiger partial charge on any atom is -0.0672 e. The highest BCUT2D eigenvalue weighted by Crippen LogP contribution is 2.32. The molecule has 0 amide bonds. The zero-order valence-corrected chi connectivity index (χ0v) is 5.28. The molecule has 0 N–H and O–H groups in total. The zero-order valence-electron chi connectivity index (χ0n) is 5.28. The molecular formula is C6H13B. The standard InChI is InChI=1S/C6H13B/c1-5-3-2-4-6(5)7/h5-6H,2-4,7H2,1H3/t5-,6-/m1/s1. The van der Waals surface area contributed by atoms with E-state index in [0.717, 1.165) is 11.7 Å². The topological polar surface area (TPSA) is 0 Å². The van der Waals surface area contributed by atoms with Gasteiger partial charge in [-0.25, -0.2) is 0 Å². The van der Waals surface area contributed by atoms with Gasteiger partial charge in [0.05, 0.1) is 0 Å². The molecular weight excluding hydrogens is 82.9 g/mol. The summed E-state index contributed by atoms with van der Waals surface area (Å²) in [5, 5.41) is 0. The highest BCUT2D eigenvalue weighted by atomic mass is 14.2. The van der Waals surface area contributed by atoms with Gasteiger partial charge in [0.15, 0.2) is 0 Å². The summed E-state index contributed by atoms with van der Waals surface area (Å²) in [4.78, 5) is 0. The molecule has 1 fully saturated rings. The van der Waals surface area contributed by atoms with Gasteiger partial charge in [-0.15, -0.1) is 0 Å². The van der Waals surface area contributed by atoms with Gasteiger partial charge < -0.3 is 0 Å². The van der Waals surface area contributed by atoms with Gasteiger partial charge in [-0.3, -0.25) is 0 Å². The Bertz CT molecular complexity index is 53.2. The lowest BCUT2D eigenvalue weighted by molar-refractivity contribution is 0.611. The third-order valence-electron chi connectivity index (χ3n) is 2.29. The minimum atomic E-state index is 1.01. The molecule has 0 aromatic rings. The first-order valence-electron chi connectivity index (χ1n) is 3.30. The van der Waals surface area contributed by atoms with E-state index < -0.39 is 0 Å². The van der Waals surface area contributed by atoms with Gasteiger partial charge in [0.2, 0.25) is 0 Å². The van der Waals surface area contributed by atoms with Gasteiger partial charge in [0, 0.05) is 0 Å². The van der Waals surface area contributed by atoms with Crippen molar-refractivity contribution in [2.75, 3.05) is 0 Å². The third-order valence-corrected chi connectivity index (χ3v) is 2.29. The predicted molar refractivity (Wildman–Crippen MR) is 35.3 cm³/mol. The van der Waals surface area contributed by atoms with E-state index in [-0.39, 0.29) is 0 Å². The second kappa shape index (κ2) is 1.89. The van der Waals surface area contributed by atoms with Crippen molar-refractivity contribution in [3.8, 4) is 0 Å². The van der Waals surface area contributed by atoms with E-state index in [1.54, 1.807) is 0 Å². The summed E-state index contributed by atoms with van der Waals surface area (Å²) in [6.07, 6.45) is 4.42. The maximum Gasteiger partial charge on any atom is 0.105 e. The summed E-state index contributed by atoms with van der Waals surface area (Å²) in [5.41, 5.74) is 0. The fourth-order valence-corrected chi connectivity index (χ4v) is 1.33. The third kappa shape index (κ3) is 0.989. The lowest BCUT2D eigenvalue weighted by Crippen LogP contribution is -1.93. The predicted octanol–water partition coefficient (Wildman–Crippen LogP) is 1.23. The first kappa shape index (κ1) is 5.21. The van der Waals surface area contributed by atoms with Gasteiger partial charge in [-0.2, -0.15) is 0 Å². The van der Waals surface area contributed by atoms with Crippen LogP contribution in [0.3, 0.4) is 0 Å². The molecule has 1 aliphatic carbocycles. The Hall–Kier alpha value is 0.0649. The highest BCUT2D eigenvalue weighted by Gasteiger charge is 2.17. The molecule has 0 nitrogen and oxygen atoms in total. The molecule has 2 atom stereocenters. The van der Waals surface area contributed by atoms with Crippen LogP contribution < -0.4 is 0 Å². The average molecular weight is 96.0 g/mol. The van der Waals surface area contributed by atoms with Crippen molar-refractivity contribution in [3.05, 3.63) is 0 Å². The van der Waals surface area contributed by atoms with Crippen LogP contribution in [0.4, 0.5) is 0 Å². The second-order valence-electron chi connectivity index (χ2n) is 2.89. The van der Waals surface area contributed by atoms with Crippen molar-refractivity contribution < 1.29 is 0 Å². The molecule has 0 saturated heterocycles. The normalized spacial score (nSPS) is 41.9. The van der Waals surface area contributed by atoms with E-state index in [2.05, 4.69) is 14.8 Å². The minimum absolute atomic E-state index is 1.01. The Balaban J connectivity index is 2.33. The van der Waals surface area contributed by atoms with Crippen molar-refractivity contribution in [1.82, 2.24) is 0 Å². The van der Waals surface area contributed by atoms with Crippen molar-refractivity contribution in [1.29, 1.82) is 0 Å². The van der Waals surface area contributed by atoms with Crippen molar-refractivity contribution in [3.63, 3.8) is 0 Å². The Morgan fingerprint density at radius 1 is 1.43 bits per heavy atom. The van der Waals surface area contributed by atoms with E-state index in [4.69, 9.17) is 0 Å². The van der Waals surface area contributed by atoms with E-state index in [1.165, 1.54) is 19.3 Å². The fraction of sp³-hybridized carbons (Fsp3) is 1.00. The van der Waals surface area contributed by atoms with Crippen molar-refractivity contribution >= 4 is 7.85 Å². The lowest BCUT2D eigenvalue weighted by Gasteiger charge is -2.04. The largest absolute Gasteiger partial charge is 0.105 e. The van der Waals surface area contributed by atoms with Crippen LogP contribution in [0.25, 0.3) is 0 Å². The Morgan fingerprint density at radius 3 is 2.29 bits per heavy atom. The molecule has 0 heterocycles. The number of hydrogen-bond donors (Lipinski definition) is 0. The maximum absolute atomic E-state index is 2.36. The van der Waals surface area contributed by atoms with Gasteiger partial charge in [0.25, 0.3) is 0 Å². The zero-order chi connectivity index (χ0) is 5.28. The summed E-state index contributed by atoms with van der Waals surface area (Å²) in [6, 6.07) is 0. The van der Waals surface area contributed by atoms with E-state index in [0.29, 0.717) is 0 Å². The molecule has 1 rings (SSSR count). The molecule has 7 heavy (non-hydrogen) atoms. The van der Waals surface area contributed by atoms with Crippen molar-refractivity contribution in [2.45, 2.75) is 32.0 Å². The first-order chi connectivity index (χ1) is 3.30. The maximum atomic E-state index is 2.36. The van der Waals surface area contributed by atoms with E-state index in [9.17, 15) is 0 Å². The monoisotopic (exact) mass is 96.1 g/mol. The summed E-state index contributed by atoms with van der Waals surface area (Å²) >= 11 is 0. The summed E-state index contributed by atoms with van der Waals surface area (Å²) in [5.74, 6) is 2.03. The first-order valence-corrected chi connectivity index (χ1v) is 3.30. The number of rotatable bonds is 0.